The molecule has 1 aromatic rings. The Morgan fingerprint density at radius 3 is 2.56 bits per heavy atom. The third-order valence-electron chi connectivity index (χ3n) is 4.29. The molecule has 2 rings (SSSR count). The molecule has 1 fully saturated rings. The number of hydrogen-bond acceptors (Lipinski definition) is 3. The average Bonchev–Trinajstić information content (AvgIpc) is 3.13. The number of rotatable bonds is 8. The SMILES string of the molecule is CCNC(=NCc1ccc(OC)cc1)NCCC(=O)NC1CCCC1. The van der Waals surface area contributed by atoms with Crippen LogP contribution in [-0.2, 0) is 11.3 Å². The highest BCUT2D eigenvalue weighted by Gasteiger charge is 2.16. The Labute approximate surface area is 150 Å². The van der Waals surface area contributed by atoms with Crippen molar-refractivity contribution < 1.29 is 9.53 Å². The summed E-state index contributed by atoms with van der Waals surface area (Å²) in [5.41, 5.74) is 1.11. The summed E-state index contributed by atoms with van der Waals surface area (Å²) in [5, 5.41) is 9.53. The van der Waals surface area contributed by atoms with E-state index in [1.54, 1.807) is 7.11 Å². The van der Waals surface area contributed by atoms with Gasteiger partial charge in [-0.25, -0.2) is 4.99 Å². The summed E-state index contributed by atoms with van der Waals surface area (Å²) in [6, 6.07) is 8.24. The van der Waals surface area contributed by atoms with Gasteiger partial charge in [-0.2, -0.15) is 0 Å². The van der Waals surface area contributed by atoms with E-state index in [1.807, 2.05) is 31.2 Å². The smallest absolute Gasteiger partial charge is 0.221 e. The van der Waals surface area contributed by atoms with Crippen LogP contribution >= 0.6 is 0 Å². The van der Waals surface area contributed by atoms with Gasteiger partial charge in [0.1, 0.15) is 5.75 Å². The van der Waals surface area contributed by atoms with Crippen LogP contribution in [0.4, 0.5) is 0 Å². The van der Waals surface area contributed by atoms with Crippen molar-refractivity contribution in [2.75, 3.05) is 20.2 Å². The zero-order valence-electron chi connectivity index (χ0n) is 15.3. The number of guanidine groups is 1. The molecule has 0 saturated heterocycles. The van der Waals surface area contributed by atoms with Crippen molar-refractivity contribution in [3.63, 3.8) is 0 Å². The molecule has 1 saturated carbocycles. The van der Waals surface area contributed by atoms with Crippen LogP contribution in [0.3, 0.4) is 0 Å². The van der Waals surface area contributed by atoms with Gasteiger partial charge in [-0.1, -0.05) is 25.0 Å². The zero-order chi connectivity index (χ0) is 17.9. The lowest BCUT2D eigenvalue weighted by Crippen LogP contribution is -2.40. The van der Waals surface area contributed by atoms with E-state index in [1.165, 1.54) is 12.8 Å². The molecule has 0 atom stereocenters. The van der Waals surface area contributed by atoms with Crippen molar-refractivity contribution in [2.45, 2.75) is 51.6 Å². The first-order valence-electron chi connectivity index (χ1n) is 9.15. The van der Waals surface area contributed by atoms with Gasteiger partial charge in [0.2, 0.25) is 5.91 Å². The topological polar surface area (TPSA) is 74.8 Å². The van der Waals surface area contributed by atoms with Crippen LogP contribution in [0, 0.1) is 0 Å². The van der Waals surface area contributed by atoms with E-state index in [2.05, 4.69) is 20.9 Å². The summed E-state index contributed by atoms with van der Waals surface area (Å²) in [6.07, 6.45) is 5.15. The summed E-state index contributed by atoms with van der Waals surface area (Å²) in [5.74, 6) is 1.68. The highest BCUT2D eigenvalue weighted by Crippen LogP contribution is 2.17. The van der Waals surface area contributed by atoms with Gasteiger partial charge in [0.25, 0.3) is 0 Å². The van der Waals surface area contributed by atoms with Gasteiger partial charge in [-0.3, -0.25) is 4.79 Å². The van der Waals surface area contributed by atoms with E-state index in [9.17, 15) is 4.79 Å². The van der Waals surface area contributed by atoms with E-state index in [4.69, 9.17) is 4.74 Å². The second-order valence-electron chi connectivity index (χ2n) is 6.27. The Balaban J connectivity index is 1.75. The number of amides is 1. The molecule has 3 N–H and O–H groups in total. The van der Waals surface area contributed by atoms with Crippen LogP contribution < -0.4 is 20.7 Å². The van der Waals surface area contributed by atoms with Crippen LogP contribution in [-0.4, -0.2) is 38.1 Å². The molecule has 0 unspecified atom stereocenters. The fraction of sp³-hybridized carbons (Fsp3) is 0.579. The van der Waals surface area contributed by atoms with Crippen molar-refractivity contribution in [3.8, 4) is 5.75 Å². The number of carbonyl (C=O) groups excluding carboxylic acids is 1. The highest BCUT2D eigenvalue weighted by molar-refractivity contribution is 5.81. The average molecular weight is 346 g/mol. The van der Waals surface area contributed by atoms with Crippen molar-refractivity contribution in [3.05, 3.63) is 29.8 Å². The van der Waals surface area contributed by atoms with Gasteiger partial charge in [0, 0.05) is 25.6 Å². The molecule has 25 heavy (non-hydrogen) atoms. The lowest BCUT2D eigenvalue weighted by Gasteiger charge is -2.14. The molecule has 1 aliphatic rings. The summed E-state index contributed by atoms with van der Waals surface area (Å²) >= 11 is 0. The predicted molar refractivity (Wildman–Crippen MR) is 101 cm³/mol. The fourth-order valence-corrected chi connectivity index (χ4v) is 2.91. The van der Waals surface area contributed by atoms with Crippen LogP contribution in [0.25, 0.3) is 0 Å². The highest BCUT2D eigenvalue weighted by atomic mass is 16.5. The van der Waals surface area contributed by atoms with Crippen LogP contribution in [0.2, 0.25) is 0 Å². The second kappa shape index (κ2) is 10.6. The minimum absolute atomic E-state index is 0.116. The molecule has 1 amide bonds. The van der Waals surface area contributed by atoms with Gasteiger partial charge in [-0.15, -0.1) is 0 Å². The number of carbonyl (C=O) groups is 1. The molecule has 138 valence electrons. The predicted octanol–water partition coefficient (Wildman–Crippen LogP) is 2.20. The first kappa shape index (κ1) is 19.1. The summed E-state index contributed by atoms with van der Waals surface area (Å²) in [4.78, 5) is 16.5. The molecule has 0 aromatic heterocycles. The largest absolute Gasteiger partial charge is 0.497 e. The van der Waals surface area contributed by atoms with Gasteiger partial charge >= 0.3 is 0 Å². The fourth-order valence-electron chi connectivity index (χ4n) is 2.91. The van der Waals surface area contributed by atoms with E-state index < -0.39 is 0 Å². The molecule has 0 heterocycles. The van der Waals surface area contributed by atoms with E-state index in [0.717, 1.165) is 36.7 Å². The standard InChI is InChI=1S/C19H30N4O2/c1-3-20-19(22-14-15-8-10-17(25-2)11-9-15)21-13-12-18(24)23-16-6-4-5-7-16/h8-11,16H,3-7,12-14H2,1-2H3,(H,23,24)(H2,20,21,22). The molecule has 1 aliphatic carbocycles. The minimum atomic E-state index is 0.116. The number of ether oxygens (including phenoxy) is 1. The maximum atomic E-state index is 12.0. The Morgan fingerprint density at radius 1 is 1.20 bits per heavy atom. The van der Waals surface area contributed by atoms with E-state index >= 15 is 0 Å². The Bertz CT molecular complexity index is 551. The zero-order valence-corrected chi connectivity index (χ0v) is 15.3. The lowest BCUT2D eigenvalue weighted by atomic mass is 10.2. The molecule has 6 nitrogen and oxygen atoms in total. The molecule has 1 aromatic carbocycles. The van der Waals surface area contributed by atoms with Crippen LogP contribution in [0.15, 0.2) is 29.3 Å². The number of nitrogens with one attached hydrogen (secondary N) is 3. The molecular formula is C19H30N4O2. The molecule has 0 radical (unpaired) electrons. The number of methoxy groups -OCH3 is 1. The van der Waals surface area contributed by atoms with E-state index in [0.29, 0.717) is 25.6 Å². The summed E-state index contributed by atoms with van der Waals surface area (Å²) in [7, 11) is 1.66. The van der Waals surface area contributed by atoms with Crippen LogP contribution in [0.1, 0.15) is 44.6 Å². The van der Waals surface area contributed by atoms with Crippen molar-refractivity contribution >= 4 is 11.9 Å². The van der Waals surface area contributed by atoms with Crippen LogP contribution in [0.5, 0.6) is 5.75 Å². The second-order valence-corrected chi connectivity index (χ2v) is 6.27. The number of nitrogens with zero attached hydrogens (tertiary/aromatic N) is 1. The number of benzene rings is 1. The normalized spacial score (nSPS) is 15.0. The molecule has 0 bridgehead atoms. The van der Waals surface area contributed by atoms with Gasteiger partial charge < -0.3 is 20.7 Å². The first-order chi connectivity index (χ1) is 12.2. The molecule has 0 spiro atoms. The summed E-state index contributed by atoms with van der Waals surface area (Å²) in [6.45, 7) is 3.96. The molecule has 0 aliphatic heterocycles. The maximum Gasteiger partial charge on any atom is 0.221 e. The minimum Gasteiger partial charge on any atom is -0.497 e. The van der Waals surface area contributed by atoms with Crippen molar-refractivity contribution in [1.29, 1.82) is 0 Å². The van der Waals surface area contributed by atoms with Gasteiger partial charge in [-0.05, 0) is 37.5 Å². The maximum absolute atomic E-state index is 12.0. The Kier molecular flexibility index (Phi) is 8.09. The quantitative estimate of drug-likeness (QED) is 0.498. The first-order valence-corrected chi connectivity index (χ1v) is 9.15. The third kappa shape index (κ3) is 7.03. The van der Waals surface area contributed by atoms with Gasteiger partial charge in [0.15, 0.2) is 5.96 Å². The molecular weight excluding hydrogens is 316 g/mol. The number of aliphatic imine (C=N–C) groups is 1. The summed E-state index contributed by atoms with van der Waals surface area (Å²) < 4.78 is 5.16. The molecule has 6 heteroatoms. The third-order valence-corrected chi connectivity index (χ3v) is 4.29. The van der Waals surface area contributed by atoms with E-state index in [-0.39, 0.29) is 5.91 Å². The number of hydrogen-bond donors (Lipinski definition) is 3. The van der Waals surface area contributed by atoms with Gasteiger partial charge in [0.05, 0.1) is 13.7 Å². The van der Waals surface area contributed by atoms with Crippen molar-refractivity contribution in [1.82, 2.24) is 16.0 Å². The monoisotopic (exact) mass is 346 g/mol. The Morgan fingerprint density at radius 2 is 1.92 bits per heavy atom. The Hall–Kier alpha value is -2.24. The van der Waals surface area contributed by atoms with Crippen molar-refractivity contribution in [2.24, 2.45) is 4.99 Å². The lowest BCUT2D eigenvalue weighted by molar-refractivity contribution is -0.121.